The number of ketones is 1. The lowest BCUT2D eigenvalue weighted by Gasteiger charge is -2.31. The fraction of sp³-hybridized carbons (Fsp3) is 0.312. The molecule has 0 amide bonds. The normalized spacial score (nSPS) is 16.3. The number of aromatic nitrogens is 1. The lowest BCUT2D eigenvalue weighted by atomic mass is 9.74. The molecule has 0 saturated carbocycles. The SMILES string of the molecule is CC1(C)CC(=O)c2c([nH]c(=S)c(C#N)c2-c2ccco2)C1. The zero-order valence-corrected chi connectivity index (χ0v) is 12.6. The molecule has 2 aromatic heterocycles. The number of nitrogens with zero attached hydrogens (tertiary/aromatic N) is 1. The molecule has 0 aromatic carbocycles. The van der Waals surface area contributed by atoms with Crippen molar-refractivity contribution in [2.24, 2.45) is 5.41 Å². The second-order valence-corrected chi connectivity index (χ2v) is 6.50. The van der Waals surface area contributed by atoms with Crippen molar-refractivity contribution in [1.82, 2.24) is 4.98 Å². The van der Waals surface area contributed by atoms with Gasteiger partial charge < -0.3 is 9.40 Å². The molecule has 0 spiro atoms. The van der Waals surface area contributed by atoms with Gasteiger partial charge in [0.25, 0.3) is 0 Å². The van der Waals surface area contributed by atoms with Crippen LogP contribution in [-0.2, 0) is 6.42 Å². The van der Waals surface area contributed by atoms with Gasteiger partial charge in [-0.25, -0.2) is 0 Å². The lowest BCUT2D eigenvalue weighted by Crippen LogP contribution is -2.29. The number of hydrogen-bond donors (Lipinski definition) is 1. The Morgan fingerprint density at radius 2 is 2.14 bits per heavy atom. The maximum absolute atomic E-state index is 12.6. The van der Waals surface area contributed by atoms with E-state index in [4.69, 9.17) is 16.6 Å². The van der Waals surface area contributed by atoms with Crippen molar-refractivity contribution in [3.05, 3.63) is 39.9 Å². The average molecular weight is 298 g/mol. The molecule has 0 atom stereocenters. The molecular formula is C16H14N2O2S. The Kier molecular flexibility index (Phi) is 3.07. The number of furan rings is 1. The molecule has 106 valence electrons. The second-order valence-electron chi connectivity index (χ2n) is 6.09. The van der Waals surface area contributed by atoms with Crippen LogP contribution in [0.3, 0.4) is 0 Å². The molecule has 0 unspecified atom stereocenters. The van der Waals surface area contributed by atoms with Crippen molar-refractivity contribution in [3.63, 3.8) is 0 Å². The summed E-state index contributed by atoms with van der Waals surface area (Å²) in [6.45, 7) is 4.10. The van der Waals surface area contributed by atoms with Crippen LogP contribution in [-0.4, -0.2) is 10.8 Å². The van der Waals surface area contributed by atoms with Gasteiger partial charge in [0.1, 0.15) is 16.5 Å². The molecule has 5 heteroatoms. The molecule has 1 aliphatic carbocycles. The van der Waals surface area contributed by atoms with E-state index >= 15 is 0 Å². The summed E-state index contributed by atoms with van der Waals surface area (Å²) in [5.41, 5.74) is 2.06. The molecule has 0 bridgehead atoms. The number of H-pyrrole nitrogens is 1. The van der Waals surface area contributed by atoms with E-state index in [1.807, 2.05) is 0 Å². The number of rotatable bonds is 1. The van der Waals surface area contributed by atoms with Gasteiger partial charge in [0.15, 0.2) is 5.78 Å². The number of Topliss-reactive ketones (excluding diaryl/α,β-unsaturated/α-hetero) is 1. The Hall–Kier alpha value is -2.19. The smallest absolute Gasteiger partial charge is 0.165 e. The minimum atomic E-state index is -0.114. The van der Waals surface area contributed by atoms with Crippen LogP contribution in [0.25, 0.3) is 11.3 Å². The number of nitrogens with one attached hydrogen (secondary N) is 1. The number of hydrogen-bond acceptors (Lipinski definition) is 4. The summed E-state index contributed by atoms with van der Waals surface area (Å²) in [5.74, 6) is 0.534. The van der Waals surface area contributed by atoms with Crippen LogP contribution in [0, 0.1) is 21.4 Å². The first-order chi connectivity index (χ1) is 9.93. The molecule has 0 aliphatic heterocycles. The average Bonchev–Trinajstić information content (AvgIpc) is 2.88. The van der Waals surface area contributed by atoms with E-state index in [0.29, 0.717) is 33.5 Å². The summed E-state index contributed by atoms with van der Waals surface area (Å²) < 4.78 is 5.77. The van der Waals surface area contributed by atoms with E-state index < -0.39 is 0 Å². The number of pyridine rings is 1. The molecule has 0 fully saturated rings. The third kappa shape index (κ3) is 2.22. The van der Waals surface area contributed by atoms with Crippen molar-refractivity contribution in [2.45, 2.75) is 26.7 Å². The topological polar surface area (TPSA) is 69.8 Å². The van der Waals surface area contributed by atoms with Crippen LogP contribution < -0.4 is 0 Å². The van der Waals surface area contributed by atoms with Crippen LogP contribution in [0.5, 0.6) is 0 Å². The Morgan fingerprint density at radius 3 is 2.76 bits per heavy atom. The van der Waals surface area contributed by atoms with Crippen LogP contribution in [0.2, 0.25) is 0 Å². The summed E-state index contributed by atoms with van der Waals surface area (Å²) in [6, 6.07) is 5.58. The summed E-state index contributed by atoms with van der Waals surface area (Å²) in [5, 5.41) is 9.40. The van der Waals surface area contributed by atoms with Crippen LogP contribution in [0.4, 0.5) is 0 Å². The Balaban J connectivity index is 2.39. The Bertz CT molecular complexity index is 823. The molecule has 2 heterocycles. The first kappa shape index (κ1) is 13.8. The third-order valence-corrected chi connectivity index (χ3v) is 4.05. The van der Waals surface area contributed by atoms with Crippen molar-refractivity contribution < 1.29 is 9.21 Å². The second kappa shape index (κ2) is 4.68. The standard InChI is InChI=1S/C16H14N2O2S/c1-16(2)6-10-14(11(19)7-16)13(12-4-3-5-20-12)9(8-17)15(21)18-10/h3-5H,6-7H2,1-2H3,(H,18,21). The quantitative estimate of drug-likeness (QED) is 0.807. The van der Waals surface area contributed by atoms with Gasteiger partial charge in [-0.05, 0) is 24.0 Å². The first-order valence-corrected chi connectivity index (χ1v) is 7.10. The van der Waals surface area contributed by atoms with E-state index in [2.05, 4.69) is 24.9 Å². The molecule has 0 radical (unpaired) electrons. The van der Waals surface area contributed by atoms with E-state index in [1.165, 1.54) is 6.26 Å². The number of nitriles is 1. The van der Waals surface area contributed by atoms with Gasteiger partial charge in [0.2, 0.25) is 0 Å². The van der Waals surface area contributed by atoms with Gasteiger partial charge in [0, 0.05) is 17.7 Å². The molecule has 21 heavy (non-hydrogen) atoms. The van der Waals surface area contributed by atoms with Crippen molar-refractivity contribution in [2.75, 3.05) is 0 Å². The van der Waals surface area contributed by atoms with Gasteiger partial charge in [-0.2, -0.15) is 5.26 Å². The highest BCUT2D eigenvalue weighted by Gasteiger charge is 2.35. The van der Waals surface area contributed by atoms with Crippen LogP contribution >= 0.6 is 12.2 Å². The monoisotopic (exact) mass is 298 g/mol. The fourth-order valence-electron chi connectivity index (χ4n) is 2.93. The highest BCUT2D eigenvalue weighted by Crippen LogP contribution is 2.39. The Morgan fingerprint density at radius 1 is 1.38 bits per heavy atom. The Labute approximate surface area is 127 Å². The lowest BCUT2D eigenvalue weighted by molar-refractivity contribution is 0.0910. The molecule has 2 aromatic rings. The van der Waals surface area contributed by atoms with Gasteiger partial charge in [-0.3, -0.25) is 4.79 Å². The third-order valence-electron chi connectivity index (χ3n) is 3.75. The number of carbonyl (C=O) groups excluding carboxylic acids is 1. The van der Waals surface area contributed by atoms with Gasteiger partial charge in [-0.15, -0.1) is 0 Å². The number of aromatic amines is 1. The molecular weight excluding hydrogens is 284 g/mol. The van der Waals surface area contributed by atoms with E-state index in [0.717, 1.165) is 12.1 Å². The maximum Gasteiger partial charge on any atom is 0.165 e. The summed E-state index contributed by atoms with van der Waals surface area (Å²) in [7, 11) is 0. The van der Waals surface area contributed by atoms with Gasteiger partial charge in [-0.1, -0.05) is 26.1 Å². The molecule has 0 saturated heterocycles. The van der Waals surface area contributed by atoms with Gasteiger partial charge in [0.05, 0.1) is 17.4 Å². The van der Waals surface area contributed by atoms with Gasteiger partial charge >= 0.3 is 0 Å². The highest BCUT2D eigenvalue weighted by atomic mass is 32.1. The summed E-state index contributed by atoms with van der Waals surface area (Å²) in [4.78, 5) is 15.7. The van der Waals surface area contributed by atoms with E-state index in [9.17, 15) is 10.1 Å². The van der Waals surface area contributed by atoms with Crippen LogP contribution in [0.15, 0.2) is 22.8 Å². The zero-order chi connectivity index (χ0) is 15.2. The predicted octanol–water partition coefficient (Wildman–Crippen LogP) is 4.03. The molecule has 1 N–H and O–H groups in total. The zero-order valence-electron chi connectivity index (χ0n) is 11.8. The van der Waals surface area contributed by atoms with E-state index in [-0.39, 0.29) is 11.2 Å². The predicted molar refractivity (Wildman–Crippen MR) is 80.5 cm³/mol. The van der Waals surface area contributed by atoms with E-state index in [1.54, 1.807) is 12.1 Å². The summed E-state index contributed by atoms with van der Waals surface area (Å²) in [6.07, 6.45) is 2.69. The minimum absolute atomic E-state index is 0.0235. The van der Waals surface area contributed by atoms with Crippen molar-refractivity contribution >= 4 is 18.0 Å². The summed E-state index contributed by atoms with van der Waals surface area (Å²) >= 11 is 5.28. The molecule has 3 rings (SSSR count). The molecule has 1 aliphatic rings. The first-order valence-electron chi connectivity index (χ1n) is 6.69. The fourth-order valence-corrected chi connectivity index (χ4v) is 3.20. The van der Waals surface area contributed by atoms with Crippen molar-refractivity contribution in [1.29, 1.82) is 5.26 Å². The maximum atomic E-state index is 12.6. The molecule has 4 nitrogen and oxygen atoms in total. The number of fused-ring (bicyclic) bond motifs is 1. The minimum Gasteiger partial charge on any atom is -0.464 e. The van der Waals surface area contributed by atoms with Crippen molar-refractivity contribution in [3.8, 4) is 17.4 Å². The largest absolute Gasteiger partial charge is 0.464 e. The van der Waals surface area contributed by atoms with Crippen LogP contribution in [0.1, 0.15) is 41.9 Å². The number of carbonyl (C=O) groups is 1. The highest BCUT2D eigenvalue weighted by molar-refractivity contribution is 7.71.